The average Bonchev–Trinajstić information content (AvgIpc) is 2.26. The lowest BCUT2D eigenvalue weighted by Gasteiger charge is -2.14. The van der Waals surface area contributed by atoms with Gasteiger partial charge in [0.05, 0.1) is 11.0 Å². The van der Waals surface area contributed by atoms with Gasteiger partial charge in [-0.25, -0.2) is 4.39 Å². The van der Waals surface area contributed by atoms with Gasteiger partial charge in [-0.1, -0.05) is 0 Å². The largest absolute Gasteiger partial charge is 0.484 e. The highest BCUT2D eigenvalue weighted by molar-refractivity contribution is 5.46. The summed E-state index contributed by atoms with van der Waals surface area (Å²) in [5.74, 6) is -0.622. The van der Waals surface area contributed by atoms with E-state index >= 15 is 0 Å². The number of nitrogens with zero attached hydrogens (tertiary/aromatic N) is 1. The van der Waals surface area contributed by atoms with E-state index in [-0.39, 0.29) is 17.5 Å². The summed E-state index contributed by atoms with van der Waals surface area (Å²) < 4.78 is 23.2. The Morgan fingerprint density at radius 3 is 2.82 bits per heavy atom. The van der Waals surface area contributed by atoms with Crippen LogP contribution in [0.4, 0.5) is 10.1 Å². The van der Waals surface area contributed by atoms with E-state index in [1.54, 1.807) is 14.0 Å². The van der Waals surface area contributed by atoms with Gasteiger partial charge in [-0.05, 0) is 13.0 Å². The third-order valence-corrected chi connectivity index (χ3v) is 2.18. The van der Waals surface area contributed by atoms with E-state index in [0.29, 0.717) is 13.0 Å². The number of hydrogen-bond donors (Lipinski definition) is 0. The third-order valence-electron chi connectivity index (χ3n) is 2.18. The molecule has 5 nitrogen and oxygen atoms in total. The maximum atomic E-state index is 13.0. The predicted octanol–water partition coefficient (Wildman–Crippen LogP) is 2.54. The summed E-state index contributed by atoms with van der Waals surface area (Å²) in [4.78, 5) is 10.1. The Kier molecular flexibility index (Phi) is 4.84. The van der Waals surface area contributed by atoms with Crippen LogP contribution in [0.3, 0.4) is 0 Å². The van der Waals surface area contributed by atoms with Crippen LogP contribution in [-0.2, 0) is 4.74 Å². The summed E-state index contributed by atoms with van der Waals surface area (Å²) in [5, 5.41) is 10.7. The number of rotatable bonds is 6. The van der Waals surface area contributed by atoms with Crippen molar-refractivity contribution in [3.05, 3.63) is 34.1 Å². The highest BCUT2D eigenvalue weighted by Gasteiger charge is 2.17. The van der Waals surface area contributed by atoms with Gasteiger partial charge in [0.15, 0.2) is 5.75 Å². The van der Waals surface area contributed by atoms with Crippen LogP contribution in [0.1, 0.15) is 13.3 Å². The molecule has 1 rings (SSSR count). The minimum atomic E-state index is -0.599. The molecular weight excluding hydrogens is 229 g/mol. The molecule has 17 heavy (non-hydrogen) atoms. The lowest BCUT2D eigenvalue weighted by atomic mass is 10.2. The highest BCUT2D eigenvalue weighted by atomic mass is 19.1. The Balaban J connectivity index is 2.81. The summed E-state index contributed by atoms with van der Waals surface area (Å²) in [5.41, 5.74) is -0.240. The van der Waals surface area contributed by atoms with E-state index in [0.717, 1.165) is 18.2 Å². The second-order valence-electron chi connectivity index (χ2n) is 3.58. The average molecular weight is 243 g/mol. The summed E-state index contributed by atoms with van der Waals surface area (Å²) in [7, 11) is 1.55. The molecule has 0 aliphatic carbocycles. The smallest absolute Gasteiger partial charge is 0.311 e. The molecule has 0 aromatic heterocycles. The van der Waals surface area contributed by atoms with E-state index in [4.69, 9.17) is 9.47 Å². The number of halogens is 1. The zero-order chi connectivity index (χ0) is 12.8. The molecule has 0 saturated heterocycles. The van der Waals surface area contributed by atoms with E-state index in [9.17, 15) is 14.5 Å². The van der Waals surface area contributed by atoms with Crippen LogP contribution >= 0.6 is 0 Å². The van der Waals surface area contributed by atoms with Crippen molar-refractivity contribution in [2.45, 2.75) is 19.4 Å². The van der Waals surface area contributed by atoms with Gasteiger partial charge >= 0.3 is 5.69 Å². The van der Waals surface area contributed by atoms with Crippen molar-refractivity contribution < 1.29 is 18.8 Å². The SMILES string of the molecule is COCCC(C)Oc1cc(F)ccc1[N+](=O)[O-]. The number of nitro benzene ring substituents is 1. The first kappa shape index (κ1) is 13.4. The van der Waals surface area contributed by atoms with Gasteiger partial charge in [-0.15, -0.1) is 0 Å². The first-order valence-electron chi connectivity index (χ1n) is 5.14. The third kappa shape index (κ3) is 3.99. The second-order valence-corrected chi connectivity index (χ2v) is 3.58. The quantitative estimate of drug-likeness (QED) is 0.569. The molecule has 94 valence electrons. The van der Waals surface area contributed by atoms with Crippen LogP contribution < -0.4 is 4.74 Å². The first-order valence-corrected chi connectivity index (χ1v) is 5.14. The summed E-state index contributed by atoms with van der Waals surface area (Å²) in [6, 6.07) is 3.14. The number of hydrogen-bond acceptors (Lipinski definition) is 4. The number of benzene rings is 1. The molecule has 0 bridgehead atoms. The minimum absolute atomic E-state index is 0.0568. The van der Waals surface area contributed by atoms with Gasteiger partial charge in [0, 0.05) is 32.3 Å². The van der Waals surface area contributed by atoms with Crippen molar-refractivity contribution in [1.29, 1.82) is 0 Å². The number of ether oxygens (including phenoxy) is 2. The summed E-state index contributed by atoms with van der Waals surface area (Å²) in [6.07, 6.45) is 0.292. The number of nitro groups is 1. The van der Waals surface area contributed by atoms with Crippen molar-refractivity contribution in [3.8, 4) is 5.75 Å². The second kappa shape index (κ2) is 6.15. The fourth-order valence-corrected chi connectivity index (χ4v) is 1.29. The molecule has 1 aromatic rings. The molecule has 0 aliphatic rings. The van der Waals surface area contributed by atoms with Crippen LogP contribution in [-0.4, -0.2) is 24.7 Å². The lowest BCUT2D eigenvalue weighted by Crippen LogP contribution is -2.15. The Morgan fingerprint density at radius 2 is 2.24 bits per heavy atom. The predicted molar refractivity (Wildman–Crippen MR) is 59.6 cm³/mol. The Bertz CT molecular complexity index is 397. The summed E-state index contributed by atoms with van der Waals surface area (Å²) in [6.45, 7) is 2.22. The Labute approximate surface area is 98.3 Å². The highest BCUT2D eigenvalue weighted by Crippen LogP contribution is 2.28. The fourth-order valence-electron chi connectivity index (χ4n) is 1.29. The normalized spacial score (nSPS) is 12.2. The van der Waals surface area contributed by atoms with Crippen LogP contribution in [0.2, 0.25) is 0 Å². The van der Waals surface area contributed by atoms with Gasteiger partial charge in [-0.2, -0.15) is 0 Å². The van der Waals surface area contributed by atoms with Gasteiger partial charge in [0.2, 0.25) is 0 Å². The molecule has 1 aromatic carbocycles. The topological polar surface area (TPSA) is 61.6 Å². The van der Waals surface area contributed by atoms with Gasteiger partial charge < -0.3 is 9.47 Å². The molecule has 0 radical (unpaired) electrons. The lowest BCUT2D eigenvalue weighted by molar-refractivity contribution is -0.386. The molecule has 0 N–H and O–H groups in total. The van der Waals surface area contributed by atoms with Crippen molar-refractivity contribution in [1.82, 2.24) is 0 Å². The van der Waals surface area contributed by atoms with Gasteiger partial charge in [-0.3, -0.25) is 10.1 Å². The van der Waals surface area contributed by atoms with Crippen molar-refractivity contribution in [2.75, 3.05) is 13.7 Å². The van der Waals surface area contributed by atoms with Crippen LogP contribution in [0.5, 0.6) is 5.75 Å². The Morgan fingerprint density at radius 1 is 1.53 bits per heavy atom. The summed E-state index contributed by atoms with van der Waals surface area (Å²) >= 11 is 0. The molecule has 0 aliphatic heterocycles. The molecule has 0 spiro atoms. The van der Waals surface area contributed by atoms with Crippen LogP contribution in [0.15, 0.2) is 18.2 Å². The standard InChI is InChI=1S/C11H14FNO4/c1-8(5-6-16-2)17-11-7-9(12)3-4-10(11)13(14)15/h3-4,7-8H,5-6H2,1-2H3. The van der Waals surface area contributed by atoms with Crippen molar-refractivity contribution >= 4 is 5.69 Å². The fraction of sp³-hybridized carbons (Fsp3) is 0.455. The van der Waals surface area contributed by atoms with Crippen molar-refractivity contribution in [2.24, 2.45) is 0 Å². The van der Waals surface area contributed by atoms with Crippen LogP contribution in [0, 0.1) is 15.9 Å². The van der Waals surface area contributed by atoms with Gasteiger partial charge in [0.1, 0.15) is 5.82 Å². The molecule has 0 amide bonds. The molecule has 0 saturated carbocycles. The van der Waals surface area contributed by atoms with Crippen molar-refractivity contribution in [3.63, 3.8) is 0 Å². The number of methoxy groups -OCH3 is 1. The zero-order valence-electron chi connectivity index (χ0n) is 9.68. The Hall–Kier alpha value is -1.69. The van der Waals surface area contributed by atoms with Crippen LogP contribution in [0.25, 0.3) is 0 Å². The van der Waals surface area contributed by atoms with E-state index in [1.807, 2.05) is 0 Å². The van der Waals surface area contributed by atoms with E-state index in [1.165, 1.54) is 0 Å². The maximum absolute atomic E-state index is 13.0. The zero-order valence-corrected chi connectivity index (χ0v) is 9.68. The molecule has 6 heteroatoms. The monoisotopic (exact) mass is 243 g/mol. The molecule has 1 atom stereocenters. The molecule has 0 heterocycles. The molecular formula is C11H14FNO4. The minimum Gasteiger partial charge on any atom is -0.484 e. The van der Waals surface area contributed by atoms with E-state index in [2.05, 4.69) is 0 Å². The molecule has 0 fully saturated rings. The van der Waals surface area contributed by atoms with Gasteiger partial charge in [0.25, 0.3) is 0 Å². The molecule has 1 unspecified atom stereocenters. The first-order chi connectivity index (χ1) is 8.04. The maximum Gasteiger partial charge on any atom is 0.311 e. The van der Waals surface area contributed by atoms with E-state index < -0.39 is 10.7 Å².